The van der Waals surface area contributed by atoms with Gasteiger partial charge < -0.3 is 4.98 Å². The van der Waals surface area contributed by atoms with Crippen LogP contribution in [-0.4, -0.2) is 15.0 Å². The Bertz CT molecular complexity index is 844. The number of rotatable bonds is 0. The van der Waals surface area contributed by atoms with Gasteiger partial charge in [-0.15, -0.1) is 0 Å². The summed E-state index contributed by atoms with van der Waals surface area (Å²) in [6.07, 6.45) is 5.08. The van der Waals surface area contributed by atoms with Gasteiger partial charge in [-0.3, -0.25) is 0 Å². The van der Waals surface area contributed by atoms with E-state index in [0.29, 0.717) is 0 Å². The van der Waals surface area contributed by atoms with Crippen LogP contribution in [0.25, 0.3) is 21.8 Å². The normalized spacial score (nSPS) is 9.60. The number of nitrogens with zero attached hydrogens (tertiary/aromatic N) is 2. The third-order valence-corrected chi connectivity index (χ3v) is 3.50. The quantitative estimate of drug-likeness (QED) is 0.383. The molecule has 0 aliphatic rings. The van der Waals surface area contributed by atoms with Crippen molar-refractivity contribution in [2.24, 2.45) is 0 Å². The predicted molar refractivity (Wildman–Crippen MR) is 104 cm³/mol. The van der Waals surface area contributed by atoms with Gasteiger partial charge in [-0.05, 0) is 18.2 Å². The molecule has 0 spiro atoms. The van der Waals surface area contributed by atoms with E-state index in [1.165, 1.54) is 10.8 Å². The molecule has 0 bridgehead atoms. The number of pyridine rings is 1. The van der Waals surface area contributed by atoms with Crippen LogP contribution in [0.1, 0.15) is 0 Å². The second-order valence-corrected chi connectivity index (χ2v) is 5.29. The zero-order valence-electron chi connectivity index (χ0n) is 13.8. The number of hydrogen-bond acceptors (Lipinski definition) is 2. The van der Waals surface area contributed by atoms with Gasteiger partial charge >= 0.3 is 0 Å². The molecule has 2 heterocycles. The fourth-order valence-corrected chi connectivity index (χ4v) is 2.32. The smallest absolute Gasteiger partial charge is 0.0919 e. The highest BCUT2D eigenvalue weighted by Crippen LogP contribution is 2.18. The van der Waals surface area contributed by atoms with E-state index in [0.717, 1.165) is 11.0 Å². The SMILES string of the molecule is c1c[nH]cn1.c1ccc2nc3ccccc3cc2c1.c1ccccc1. The minimum atomic E-state index is 1.06. The van der Waals surface area contributed by atoms with Gasteiger partial charge in [0.05, 0.1) is 17.4 Å². The van der Waals surface area contributed by atoms with Crippen LogP contribution in [0.2, 0.25) is 0 Å². The third kappa shape index (κ3) is 5.01. The first-order valence-corrected chi connectivity index (χ1v) is 8.11. The number of H-pyrrole nitrogens is 1. The van der Waals surface area contributed by atoms with E-state index >= 15 is 0 Å². The second kappa shape index (κ2) is 8.99. The number of hydrogen-bond donors (Lipinski definition) is 1. The minimum Gasteiger partial charge on any atom is -0.351 e. The number of fused-ring (bicyclic) bond motifs is 2. The Morgan fingerprint density at radius 1 is 0.600 bits per heavy atom. The van der Waals surface area contributed by atoms with Gasteiger partial charge in [0.1, 0.15) is 0 Å². The van der Waals surface area contributed by atoms with E-state index in [4.69, 9.17) is 0 Å². The zero-order chi connectivity index (χ0) is 17.2. The number of benzene rings is 3. The van der Waals surface area contributed by atoms with Gasteiger partial charge in [0.25, 0.3) is 0 Å². The molecule has 5 aromatic rings. The van der Waals surface area contributed by atoms with Crippen molar-refractivity contribution < 1.29 is 0 Å². The largest absolute Gasteiger partial charge is 0.351 e. The number of para-hydroxylation sites is 2. The van der Waals surface area contributed by atoms with Crippen LogP contribution in [0.3, 0.4) is 0 Å². The van der Waals surface area contributed by atoms with Crippen molar-refractivity contribution in [3.05, 3.63) is 110 Å². The van der Waals surface area contributed by atoms with E-state index in [-0.39, 0.29) is 0 Å². The van der Waals surface area contributed by atoms with Gasteiger partial charge in [-0.25, -0.2) is 9.97 Å². The molecule has 3 aromatic carbocycles. The van der Waals surface area contributed by atoms with Crippen molar-refractivity contribution in [3.8, 4) is 0 Å². The lowest BCUT2D eigenvalue weighted by molar-refractivity contribution is 1.31. The van der Waals surface area contributed by atoms with Gasteiger partial charge in [-0.2, -0.15) is 0 Å². The third-order valence-electron chi connectivity index (χ3n) is 3.50. The summed E-state index contributed by atoms with van der Waals surface area (Å²) < 4.78 is 0. The molecule has 0 saturated heterocycles. The van der Waals surface area contributed by atoms with Crippen LogP contribution in [-0.2, 0) is 0 Å². The predicted octanol–water partition coefficient (Wildman–Crippen LogP) is 5.48. The fourth-order valence-electron chi connectivity index (χ4n) is 2.32. The minimum absolute atomic E-state index is 1.06. The average molecular weight is 325 g/mol. The topological polar surface area (TPSA) is 41.6 Å². The van der Waals surface area contributed by atoms with Crippen LogP contribution >= 0.6 is 0 Å². The highest BCUT2D eigenvalue weighted by Gasteiger charge is 1.96. The lowest BCUT2D eigenvalue weighted by Gasteiger charge is -1.99. The Hall–Kier alpha value is -3.46. The molecule has 0 saturated carbocycles. The Morgan fingerprint density at radius 2 is 1.12 bits per heavy atom. The van der Waals surface area contributed by atoms with Crippen molar-refractivity contribution in [1.29, 1.82) is 0 Å². The molecular weight excluding hydrogens is 306 g/mol. The maximum Gasteiger partial charge on any atom is 0.0919 e. The maximum absolute atomic E-state index is 4.58. The van der Waals surface area contributed by atoms with E-state index < -0.39 is 0 Å². The summed E-state index contributed by atoms with van der Waals surface area (Å²) in [4.78, 5) is 11.0. The molecule has 0 aliphatic heterocycles. The lowest BCUT2D eigenvalue weighted by Crippen LogP contribution is -1.80. The van der Waals surface area contributed by atoms with Crippen LogP contribution in [0.5, 0.6) is 0 Å². The van der Waals surface area contributed by atoms with Crippen LogP contribution in [0.15, 0.2) is 110 Å². The molecule has 1 N–H and O–H groups in total. The molecule has 0 aliphatic carbocycles. The van der Waals surface area contributed by atoms with Gasteiger partial charge in [-0.1, -0.05) is 72.8 Å². The van der Waals surface area contributed by atoms with Crippen molar-refractivity contribution in [2.75, 3.05) is 0 Å². The van der Waals surface area contributed by atoms with Gasteiger partial charge in [0, 0.05) is 23.2 Å². The van der Waals surface area contributed by atoms with Crippen molar-refractivity contribution in [3.63, 3.8) is 0 Å². The summed E-state index contributed by atoms with van der Waals surface area (Å²) in [7, 11) is 0. The van der Waals surface area contributed by atoms with E-state index in [2.05, 4.69) is 33.2 Å². The summed E-state index contributed by atoms with van der Waals surface area (Å²) in [6.45, 7) is 0. The Labute approximate surface area is 147 Å². The molecule has 25 heavy (non-hydrogen) atoms. The summed E-state index contributed by atoms with van der Waals surface area (Å²) in [5.74, 6) is 0. The summed E-state index contributed by atoms with van der Waals surface area (Å²) >= 11 is 0. The lowest BCUT2D eigenvalue weighted by atomic mass is 10.1. The summed E-state index contributed by atoms with van der Waals surface area (Å²) in [5.41, 5.74) is 2.12. The molecule has 0 fully saturated rings. The molecule has 3 heteroatoms. The second-order valence-electron chi connectivity index (χ2n) is 5.29. The van der Waals surface area contributed by atoms with Crippen LogP contribution in [0, 0.1) is 0 Å². The molecule has 5 rings (SSSR count). The number of imidazole rings is 1. The molecule has 0 radical (unpaired) electrons. The van der Waals surface area contributed by atoms with Crippen LogP contribution < -0.4 is 0 Å². The average Bonchev–Trinajstić information content (AvgIpc) is 3.28. The van der Waals surface area contributed by atoms with E-state index in [1.54, 1.807) is 18.7 Å². The Morgan fingerprint density at radius 3 is 1.52 bits per heavy atom. The van der Waals surface area contributed by atoms with E-state index in [9.17, 15) is 0 Å². The fraction of sp³-hybridized carbons (Fsp3) is 0. The molecule has 3 nitrogen and oxygen atoms in total. The zero-order valence-corrected chi connectivity index (χ0v) is 13.8. The standard InChI is InChI=1S/C13H9N.C6H6.C3H4N2/c1-3-7-12-10(5-1)9-11-6-2-4-8-13(11)14-12;1-2-4-6-5-3-1;1-2-5-3-4-1/h1-9H;1-6H;1-3H,(H,4,5). The first-order chi connectivity index (χ1) is 12.4. The van der Waals surface area contributed by atoms with Crippen molar-refractivity contribution >= 4 is 21.8 Å². The molecule has 2 aromatic heterocycles. The van der Waals surface area contributed by atoms with Gasteiger partial charge in [0.15, 0.2) is 0 Å². The number of aromatic nitrogens is 3. The first kappa shape index (κ1) is 16.4. The Balaban J connectivity index is 0.000000136. The molecule has 0 atom stereocenters. The monoisotopic (exact) mass is 325 g/mol. The van der Waals surface area contributed by atoms with Crippen molar-refractivity contribution in [1.82, 2.24) is 15.0 Å². The van der Waals surface area contributed by atoms with E-state index in [1.807, 2.05) is 72.8 Å². The summed E-state index contributed by atoms with van der Waals surface area (Å²) in [5, 5.41) is 2.40. The highest BCUT2D eigenvalue weighted by molar-refractivity contribution is 5.92. The summed E-state index contributed by atoms with van der Waals surface area (Å²) in [6, 6.07) is 30.6. The first-order valence-electron chi connectivity index (χ1n) is 8.11. The molecular formula is C22H19N3. The number of aromatic amines is 1. The molecule has 0 unspecified atom stereocenters. The van der Waals surface area contributed by atoms with Crippen molar-refractivity contribution in [2.45, 2.75) is 0 Å². The molecule has 122 valence electrons. The maximum atomic E-state index is 4.58. The van der Waals surface area contributed by atoms with Gasteiger partial charge in [0.2, 0.25) is 0 Å². The van der Waals surface area contributed by atoms with Crippen LogP contribution in [0.4, 0.5) is 0 Å². The highest BCUT2D eigenvalue weighted by atomic mass is 14.8. The molecule has 0 amide bonds. The number of nitrogens with one attached hydrogen (secondary N) is 1. The Kier molecular flexibility index (Phi) is 5.90.